The Morgan fingerprint density at radius 3 is 2.82 bits per heavy atom. The van der Waals surface area contributed by atoms with Crippen molar-refractivity contribution in [1.29, 1.82) is 0 Å². The van der Waals surface area contributed by atoms with Crippen molar-refractivity contribution in [2.75, 3.05) is 11.5 Å². The molecule has 0 fully saturated rings. The number of rotatable bonds is 7. The minimum Gasteiger partial charge on any atom is -0.397 e. The fraction of sp³-hybridized carbons (Fsp3) is 0.455. The monoisotopic (exact) mass is 254 g/mol. The molecule has 1 aromatic heterocycles. The second-order valence-electron chi connectivity index (χ2n) is 3.66. The summed E-state index contributed by atoms with van der Waals surface area (Å²) in [5.74, 6) is 5.88. The lowest BCUT2D eigenvalue weighted by atomic mass is 10.2. The predicted octanol–water partition coefficient (Wildman–Crippen LogP) is 1.31. The van der Waals surface area contributed by atoms with E-state index in [2.05, 4.69) is 10.4 Å². The van der Waals surface area contributed by atoms with Gasteiger partial charge in [0.2, 0.25) is 5.91 Å². The SMILES string of the molecule is NNC(=O)CCCCCSc1ccc(N)cn1. The van der Waals surface area contributed by atoms with Crippen LogP contribution >= 0.6 is 11.8 Å². The first-order valence-corrected chi connectivity index (χ1v) is 6.54. The molecule has 5 N–H and O–H groups in total. The van der Waals surface area contributed by atoms with E-state index in [1.165, 1.54) is 0 Å². The average Bonchev–Trinajstić information content (AvgIpc) is 2.35. The van der Waals surface area contributed by atoms with Gasteiger partial charge in [-0.1, -0.05) is 6.42 Å². The molecule has 6 heteroatoms. The molecule has 1 amide bonds. The van der Waals surface area contributed by atoms with E-state index in [-0.39, 0.29) is 5.91 Å². The van der Waals surface area contributed by atoms with Gasteiger partial charge in [0.25, 0.3) is 0 Å². The van der Waals surface area contributed by atoms with Crippen molar-refractivity contribution in [3.63, 3.8) is 0 Å². The van der Waals surface area contributed by atoms with Crippen LogP contribution in [-0.2, 0) is 4.79 Å². The molecule has 0 radical (unpaired) electrons. The molecular formula is C11H18N4OS. The molecule has 0 spiro atoms. The highest BCUT2D eigenvalue weighted by Crippen LogP contribution is 2.17. The summed E-state index contributed by atoms with van der Waals surface area (Å²) in [6.07, 6.45) is 5.12. The summed E-state index contributed by atoms with van der Waals surface area (Å²) in [5, 5.41) is 0.985. The molecule has 0 saturated heterocycles. The van der Waals surface area contributed by atoms with Crippen LogP contribution in [0, 0.1) is 0 Å². The third kappa shape index (κ3) is 6.13. The summed E-state index contributed by atoms with van der Waals surface area (Å²) in [6, 6.07) is 3.77. The van der Waals surface area contributed by atoms with Crippen molar-refractivity contribution in [2.45, 2.75) is 30.7 Å². The molecule has 1 heterocycles. The zero-order chi connectivity index (χ0) is 12.5. The molecule has 94 valence electrons. The minimum absolute atomic E-state index is 0.0992. The number of nitrogens with two attached hydrogens (primary N) is 2. The number of nitrogens with zero attached hydrogens (tertiary/aromatic N) is 1. The van der Waals surface area contributed by atoms with Gasteiger partial charge in [-0.3, -0.25) is 10.2 Å². The number of unbranched alkanes of at least 4 members (excludes halogenated alkanes) is 2. The minimum atomic E-state index is -0.0992. The lowest BCUT2D eigenvalue weighted by Crippen LogP contribution is -2.29. The molecule has 5 nitrogen and oxygen atoms in total. The molecule has 0 unspecified atom stereocenters. The summed E-state index contributed by atoms with van der Waals surface area (Å²) in [6.45, 7) is 0. The molecule has 0 atom stereocenters. The normalized spacial score (nSPS) is 10.2. The molecule has 0 saturated carbocycles. The molecule has 0 aliphatic rings. The van der Waals surface area contributed by atoms with E-state index in [0.29, 0.717) is 12.1 Å². The second kappa shape index (κ2) is 7.92. The molecule has 0 bridgehead atoms. The number of hydrazine groups is 1. The number of nitrogens with one attached hydrogen (secondary N) is 1. The number of amides is 1. The number of carbonyl (C=O) groups excluding carboxylic acids is 1. The Morgan fingerprint density at radius 2 is 2.18 bits per heavy atom. The van der Waals surface area contributed by atoms with Gasteiger partial charge in [-0.2, -0.15) is 0 Å². The summed E-state index contributed by atoms with van der Waals surface area (Å²) in [4.78, 5) is 15.0. The van der Waals surface area contributed by atoms with Crippen molar-refractivity contribution in [2.24, 2.45) is 5.84 Å². The number of aromatic nitrogens is 1. The maximum Gasteiger partial charge on any atom is 0.233 e. The van der Waals surface area contributed by atoms with Crippen LogP contribution in [0.3, 0.4) is 0 Å². The first-order chi connectivity index (χ1) is 8.22. The van der Waals surface area contributed by atoms with Crippen LogP contribution in [0.2, 0.25) is 0 Å². The van der Waals surface area contributed by atoms with Crippen LogP contribution in [0.1, 0.15) is 25.7 Å². The van der Waals surface area contributed by atoms with Crippen molar-refractivity contribution in [3.8, 4) is 0 Å². The highest BCUT2D eigenvalue weighted by atomic mass is 32.2. The third-order valence-electron chi connectivity index (χ3n) is 2.22. The van der Waals surface area contributed by atoms with Crippen LogP contribution in [0.15, 0.2) is 23.4 Å². The first-order valence-electron chi connectivity index (χ1n) is 5.56. The van der Waals surface area contributed by atoms with Gasteiger partial charge in [0.05, 0.1) is 16.9 Å². The third-order valence-corrected chi connectivity index (χ3v) is 3.25. The zero-order valence-corrected chi connectivity index (χ0v) is 10.5. The molecule has 0 aliphatic heterocycles. The Labute approximate surface area is 105 Å². The first kappa shape index (κ1) is 13.8. The maximum atomic E-state index is 10.8. The van der Waals surface area contributed by atoms with Gasteiger partial charge in [-0.15, -0.1) is 11.8 Å². The van der Waals surface area contributed by atoms with Crippen LogP contribution in [0.5, 0.6) is 0 Å². The lowest BCUT2D eigenvalue weighted by molar-refractivity contribution is -0.121. The number of nitrogen functional groups attached to an aromatic ring is 1. The maximum absolute atomic E-state index is 10.8. The standard InChI is InChI=1S/C11H18N4OS/c12-9-5-6-11(14-8-9)17-7-3-1-2-4-10(16)15-13/h5-6,8H,1-4,7,12-13H2,(H,15,16). The fourth-order valence-electron chi connectivity index (χ4n) is 1.29. The van der Waals surface area contributed by atoms with E-state index < -0.39 is 0 Å². The van der Waals surface area contributed by atoms with Crippen molar-refractivity contribution in [3.05, 3.63) is 18.3 Å². The molecule has 1 rings (SSSR count). The molecule has 0 aromatic carbocycles. The second-order valence-corrected chi connectivity index (χ2v) is 4.77. The van der Waals surface area contributed by atoms with Crippen molar-refractivity contribution >= 4 is 23.4 Å². The smallest absolute Gasteiger partial charge is 0.233 e. The number of pyridine rings is 1. The van der Waals surface area contributed by atoms with Crippen LogP contribution < -0.4 is 17.0 Å². The van der Waals surface area contributed by atoms with E-state index in [1.807, 2.05) is 12.1 Å². The van der Waals surface area contributed by atoms with Gasteiger partial charge in [-0.05, 0) is 30.7 Å². The lowest BCUT2D eigenvalue weighted by Gasteiger charge is -2.02. The predicted molar refractivity (Wildman–Crippen MR) is 70.2 cm³/mol. The van der Waals surface area contributed by atoms with Gasteiger partial charge >= 0.3 is 0 Å². The summed E-state index contributed by atoms with van der Waals surface area (Å²) >= 11 is 1.70. The summed E-state index contributed by atoms with van der Waals surface area (Å²) in [7, 11) is 0. The number of hydrogen-bond donors (Lipinski definition) is 3. The number of thioether (sulfide) groups is 1. The average molecular weight is 254 g/mol. The summed E-state index contributed by atoms with van der Waals surface area (Å²) < 4.78 is 0. The van der Waals surface area contributed by atoms with Crippen LogP contribution in [0.25, 0.3) is 0 Å². The molecule has 0 aliphatic carbocycles. The van der Waals surface area contributed by atoms with E-state index in [4.69, 9.17) is 11.6 Å². The van der Waals surface area contributed by atoms with Gasteiger partial charge in [0.15, 0.2) is 0 Å². The molecule has 1 aromatic rings. The quantitative estimate of drug-likeness (QED) is 0.224. The topological polar surface area (TPSA) is 94.0 Å². The Hall–Kier alpha value is -1.27. The fourth-order valence-corrected chi connectivity index (χ4v) is 2.14. The van der Waals surface area contributed by atoms with E-state index >= 15 is 0 Å². The molecular weight excluding hydrogens is 236 g/mol. The Bertz CT molecular complexity index is 342. The van der Waals surface area contributed by atoms with E-state index in [1.54, 1.807) is 18.0 Å². The highest BCUT2D eigenvalue weighted by molar-refractivity contribution is 7.99. The number of hydrogen-bond acceptors (Lipinski definition) is 5. The van der Waals surface area contributed by atoms with Gasteiger partial charge < -0.3 is 5.73 Å². The van der Waals surface area contributed by atoms with Gasteiger partial charge in [0, 0.05) is 6.42 Å². The summed E-state index contributed by atoms with van der Waals surface area (Å²) in [5.41, 5.74) is 8.35. The van der Waals surface area contributed by atoms with Crippen LogP contribution in [0.4, 0.5) is 5.69 Å². The largest absolute Gasteiger partial charge is 0.397 e. The Morgan fingerprint density at radius 1 is 1.35 bits per heavy atom. The van der Waals surface area contributed by atoms with Gasteiger partial charge in [0.1, 0.15) is 0 Å². The van der Waals surface area contributed by atoms with Crippen LogP contribution in [-0.4, -0.2) is 16.6 Å². The van der Waals surface area contributed by atoms with E-state index in [9.17, 15) is 4.79 Å². The number of carbonyl (C=O) groups is 1. The van der Waals surface area contributed by atoms with E-state index in [0.717, 1.165) is 30.0 Å². The highest BCUT2D eigenvalue weighted by Gasteiger charge is 1.99. The zero-order valence-electron chi connectivity index (χ0n) is 9.69. The Balaban J connectivity index is 2.04. The molecule has 17 heavy (non-hydrogen) atoms. The Kier molecular flexibility index (Phi) is 6.42. The van der Waals surface area contributed by atoms with Crippen molar-refractivity contribution < 1.29 is 4.79 Å². The number of anilines is 1. The van der Waals surface area contributed by atoms with Gasteiger partial charge in [-0.25, -0.2) is 10.8 Å². The van der Waals surface area contributed by atoms with Crippen molar-refractivity contribution in [1.82, 2.24) is 10.4 Å².